The number of amides is 2. The van der Waals surface area contributed by atoms with Crippen molar-refractivity contribution >= 4 is 11.7 Å². The first-order valence-corrected chi connectivity index (χ1v) is 8.55. The Labute approximate surface area is 156 Å². The minimum atomic E-state index is -0.321. The van der Waals surface area contributed by atoms with Crippen LogP contribution in [0.25, 0.3) is 5.70 Å². The first-order chi connectivity index (χ1) is 13.2. The summed E-state index contributed by atoms with van der Waals surface area (Å²) >= 11 is 0. The molecular weight excluding hydrogens is 343 g/mol. The fourth-order valence-electron chi connectivity index (χ4n) is 2.92. The molecule has 3 aromatic rings. The molecule has 27 heavy (non-hydrogen) atoms. The summed E-state index contributed by atoms with van der Waals surface area (Å²) in [5.41, 5.74) is 2.27. The second-order valence-corrected chi connectivity index (χ2v) is 6.15. The van der Waals surface area contributed by atoms with Gasteiger partial charge in [0.25, 0.3) is 0 Å². The lowest BCUT2D eigenvalue weighted by Crippen LogP contribution is -2.40. The molecule has 0 spiro atoms. The van der Waals surface area contributed by atoms with E-state index in [9.17, 15) is 9.18 Å². The van der Waals surface area contributed by atoms with Crippen molar-refractivity contribution < 1.29 is 13.9 Å². The van der Waals surface area contributed by atoms with E-state index in [-0.39, 0.29) is 17.9 Å². The van der Waals surface area contributed by atoms with Crippen LogP contribution in [-0.4, -0.2) is 6.03 Å². The highest BCUT2D eigenvalue weighted by Gasteiger charge is 2.21. The van der Waals surface area contributed by atoms with Crippen LogP contribution in [0.1, 0.15) is 17.2 Å². The number of benzene rings is 3. The summed E-state index contributed by atoms with van der Waals surface area (Å²) in [5.74, 6) is 1.11. The van der Waals surface area contributed by atoms with Crippen molar-refractivity contribution in [1.82, 2.24) is 10.6 Å². The van der Waals surface area contributed by atoms with E-state index in [1.54, 1.807) is 12.1 Å². The van der Waals surface area contributed by atoms with Gasteiger partial charge in [-0.1, -0.05) is 30.3 Å². The van der Waals surface area contributed by atoms with Gasteiger partial charge in [0, 0.05) is 5.70 Å². The highest BCUT2D eigenvalue weighted by atomic mass is 19.1. The molecule has 0 aromatic heterocycles. The van der Waals surface area contributed by atoms with Crippen LogP contribution in [0, 0.1) is 5.82 Å². The highest BCUT2D eigenvalue weighted by molar-refractivity contribution is 5.88. The molecule has 134 valence electrons. The summed E-state index contributed by atoms with van der Waals surface area (Å²) in [4.78, 5) is 12.1. The monoisotopic (exact) mass is 360 g/mol. The second-order valence-electron chi connectivity index (χ2n) is 6.15. The van der Waals surface area contributed by atoms with Gasteiger partial charge in [0.05, 0.1) is 6.04 Å². The molecule has 0 saturated carbocycles. The van der Waals surface area contributed by atoms with E-state index in [4.69, 9.17) is 4.74 Å². The number of ether oxygens (including phenoxy) is 1. The van der Waals surface area contributed by atoms with Gasteiger partial charge in [-0.2, -0.15) is 0 Å². The van der Waals surface area contributed by atoms with Crippen LogP contribution in [0.2, 0.25) is 0 Å². The maximum atomic E-state index is 13.2. The zero-order valence-corrected chi connectivity index (χ0v) is 14.4. The van der Waals surface area contributed by atoms with Crippen molar-refractivity contribution in [2.45, 2.75) is 6.04 Å². The van der Waals surface area contributed by atoms with E-state index in [0.717, 1.165) is 16.9 Å². The van der Waals surface area contributed by atoms with Gasteiger partial charge < -0.3 is 15.4 Å². The molecule has 0 fully saturated rings. The topological polar surface area (TPSA) is 50.4 Å². The molecule has 2 N–H and O–H groups in total. The maximum absolute atomic E-state index is 13.2. The quantitative estimate of drug-likeness (QED) is 0.687. The predicted octanol–water partition coefficient (Wildman–Crippen LogP) is 5.01. The zero-order valence-electron chi connectivity index (χ0n) is 14.4. The highest BCUT2D eigenvalue weighted by Crippen LogP contribution is 2.28. The van der Waals surface area contributed by atoms with Gasteiger partial charge in [-0.05, 0) is 65.7 Å². The average molecular weight is 360 g/mol. The van der Waals surface area contributed by atoms with Crippen molar-refractivity contribution in [1.29, 1.82) is 0 Å². The molecule has 0 saturated heterocycles. The zero-order chi connectivity index (χ0) is 18.6. The van der Waals surface area contributed by atoms with E-state index in [0.29, 0.717) is 11.4 Å². The van der Waals surface area contributed by atoms with Crippen molar-refractivity contribution in [2.75, 3.05) is 0 Å². The Kier molecular flexibility index (Phi) is 4.58. The Morgan fingerprint density at radius 1 is 0.852 bits per heavy atom. The van der Waals surface area contributed by atoms with Crippen molar-refractivity contribution in [3.8, 4) is 11.5 Å². The molecule has 1 heterocycles. The summed E-state index contributed by atoms with van der Waals surface area (Å²) < 4.78 is 19.0. The Morgan fingerprint density at radius 2 is 1.59 bits per heavy atom. The number of carbonyl (C=O) groups is 1. The molecule has 0 bridgehead atoms. The Hall–Kier alpha value is -3.60. The normalized spacial score (nSPS) is 16.1. The second kappa shape index (κ2) is 7.33. The molecular formula is C22H17FN2O2. The van der Waals surface area contributed by atoms with Gasteiger partial charge in [-0.15, -0.1) is 0 Å². The Balaban J connectivity index is 1.61. The lowest BCUT2D eigenvalue weighted by Gasteiger charge is -2.24. The van der Waals surface area contributed by atoms with Gasteiger partial charge in [0.1, 0.15) is 17.3 Å². The SMILES string of the molecule is O=C1NC(c2ccc(F)cc2)=CC(c2cccc(Oc3ccccc3)c2)N1. The van der Waals surface area contributed by atoms with Gasteiger partial charge in [0.2, 0.25) is 0 Å². The van der Waals surface area contributed by atoms with Crippen LogP contribution in [0.4, 0.5) is 9.18 Å². The first-order valence-electron chi connectivity index (χ1n) is 8.55. The number of nitrogens with one attached hydrogen (secondary N) is 2. The number of para-hydroxylation sites is 1. The molecule has 4 nitrogen and oxygen atoms in total. The third-order valence-electron chi connectivity index (χ3n) is 4.22. The van der Waals surface area contributed by atoms with Crippen LogP contribution in [0.5, 0.6) is 11.5 Å². The summed E-state index contributed by atoms with van der Waals surface area (Å²) in [6, 6.07) is 22.4. The predicted molar refractivity (Wildman–Crippen MR) is 102 cm³/mol. The molecule has 0 radical (unpaired) electrons. The van der Waals surface area contributed by atoms with Crippen LogP contribution < -0.4 is 15.4 Å². The fourth-order valence-corrected chi connectivity index (χ4v) is 2.92. The first kappa shape index (κ1) is 16.8. The smallest absolute Gasteiger partial charge is 0.319 e. The number of carbonyl (C=O) groups excluding carboxylic acids is 1. The van der Waals surface area contributed by atoms with Crippen molar-refractivity contribution in [3.63, 3.8) is 0 Å². The molecule has 3 aromatic carbocycles. The molecule has 1 aliphatic rings. The van der Waals surface area contributed by atoms with Crippen LogP contribution in [0.15, 0.2) is 84.9 Å². The summed E-state index contributed by atoms with van der Waals surface area (Å²) in [5, 5.41) is 5.64. The third kappa shape index (κ3) is 3.98. The third-order valence-corrected chi connectivity index (χ3v) is 4.22. The van der Waals surface area contributed by atoms with E-state index in [1.807, 2.05) is 60.7 Å². The number of urea groups is 1. The summed E-state index contributed by atoms with van der Waals surface area (Å²) in [6.45, 7) is 0. The average Bonchev–Trinajstić information content (AvgIpc) is 2.69. The largest absolute Gasteiger partial charge is 0.457 e. The van der Waals surface area contributed by atoms with Gasteiger partial charge in [-0.3, -0.25) is 0 Å². The molecule has 0 aliphatic carbocycles. The van der Waals surface area contributed by atoms with Gasteiger partial charge in [0.15, 0.2) is 0 Å². The minimum absolute atomic E-state index is 0.309. The van der Waals surface area contributed by atoms with E-state index in [2.05, 4.69) is 10.6 Å². The maximum Gasteiger partial charge on any atom is 0.319 e. The molecule has 1 unspecified atom stereocenters. The summed E-state index contributed by atoms with van der Waals surface area (Å²) in [7, 11) is 0. The lowest BCUT2D eigenvalue weighted by molar-refractivity contribution is 0.241. The Morgan fingerprint density at radius 3 is 2.37 bits per heavy atom. The van der Waals surface area contributed by atoms with E-state index in [1.165, 1.54) is 12.1 Å². The molecule has 4 rings (SSSR count). The lowest BCUT2D eigenvalue weighted by atomic mass is 10.0. The number of halogens is 1. The molecule has 2 amide bonds. The van der Waals surface area contributed by atoms with Crippen LogP contribution >= 0.6 is 0 Å². The fraction of sp³-hybridized carbons (Fsp3) is 0.0455. The number of hydrogen-bond acceptors (Lipinski definition) is 2. The Bertz CT molecular complexity index is 985. The summed E-state index contributed by atoms with van der Waals surface area (Å²) in [6.07, 6.45) is 1.90. The standard InChI is InChI=1S/C22H17FN2O2/c23-17-11-9-15(10-12-17)20-14-21(25-22(26)24-20)16-5-4-8-19(13-16)27-18-6-2-1-3-7-18/h1-14,21H,(H2,24,25,26). The van der Waals surface area contributed by atoms with Gasteiger partial charge >= 0.3 is 6.03 Å². The van der Waals surface area contributed by atoms with Crippen molar-refractivity contribution in [2.24, 2.45) is 0 Å². The minimum Gasteiger partial charge on any atom is -0.457 e. The van der Waals surface area contributed by atoms with Crippen LogP contribution in [0.3, 0.4) is 0 Å². The van der Waals surface area contributed by atoms with Crippen LogP contribution in [-0.2, 0) is 0 Å². The van der Waals surface area contributed by atoms with Crippen molar-refractivity contribution in [3.05, 3.63) is 102 Å². The van der Waals surface area contributed by atoms with Gasteiger partial charge in [-0.25, -0.2) is 9.18 Å². The molecule has 1 atom stereocenters. The molecule has 5 heteroatoms. The number of rotatable bonds is 4. The van der Waals surface area contributed by atoms with E-state index >= 15 is 0 Å². The van der Waals surface area contributed by atoms with E-state index < -0.39 is 0 Å². The number of hydrogen-bond donors (Lipinski definition) is 2. The molecule has 1 aliphatic heterocycles.